The first kappa shape index (κ1) is 16.9. The second kappa shape index (κ2) is 6.16. The fourth-order valence-corrected chi connectivity index (χ4v) is 2.78. The van der Waals surface area contributed by atoms with Gasteiger partial charge in [-0.25, -0.2) is 4.79 Å². The zero-order valence-corrected chi connectivity index (χ0v) is 13.2. The molecule has 3 aromatic rings. The molecule has 0 aliphatic rings. The van der Waals surface area contributed by atoms with Crippen LogP contribution in [0.1, 0.15) is 27.2 Å². The number of carbonyl (C=O) groups is 1. The minimum atomic E-state index is -4.40. The number of carboxylic acid groups (broad SMARTS) is 1. The molecule has 4 nitrogen and oxygen atoms in total. The minimum Gasteiger partial charge on any atom is -0.477 e. The first-order valence-electron chi connectivity index (χ1n) is 7.40. The van der Waals surface area contributed by atoms with Gasteiger partial charge in [-0.1, -0.05) is 12.1 Å². The van der Waals surface area contributed by atoms with Crippen molar-refractivity contribution in [3.05, 3.63) is 71.2 Å². The number of rotatable bonds is 4. The summed E-state index contributed by atoms with van der Waals surface area (Å²) in [6, 6.07) is 7.98. The largest absolute Gasteiger partial charge is 0.477 e. The van der Waals surface area contributed by atoms with Crippen molar-refractivity contribution in [1.29, 1.82) is 0 Å². The molecule has 2 heterocycles. The number of alkyl halides is 3. The van der Waals surface area contributed by atoms with Gasteiger partial charge in [-0.3, -0.25) is 0 Å². The number of nitrogens with zero attached hydrogens (tertiary/aromatic N) is 1. The molecule has 0 atom stereocenters. The van der Waals surface area contributed by atoms with Gasteiger partial charge in [0.05, 0.1) is 17.4 Å². The van der Waals surface area contributed by atoms with Crippen LogP contribution in [0.4, 0.5) is 13.2 Å². The summed E-state index contributed by atoms with van der Waals surface area (Å²) in [6.07, 6.45) is -1.30. The minimum absolute atomic E-state index is 0.0346. The van der Waals surface area contributed by atoms with Crippen molar-refractivity contribution >= 4 is 5.97 Å². The number of carboxylic acids is 1. The Morgan fingerprint density at radius 3 is 2.40 bits per heavy atom. The number of hydrogen-bond donors (Lipinski definition) is 1. The molecule has 0 saturated carbocycles. The molecular weight excluding hydrogens is 335 g/mol. The molecule has 0 fully saturated rings. The molecule has 0 aliphatic heterocycles. The van der Waals surface area contributed by atoms with Crippen molar-refractivity contribution in [3.63, 3.8) is 0 Å². The van der Waals surface area contributed by atoms with E-state index in [0.717, 1.165) is 12.1 Å². The maximum atomic E-state index is 12.6. The molecule has 1 N–H and O–H groups in total. The van der Waals surface area contributed by atoms with Crippen LogP contribution in [0.5, 0.6) is 0 Å². The molecule has 3 rings (SSSR count). The number of halogens is 3. The van der Waals surface area contributed by atoms with Crippen LogP contribution in [-0.4, -0.2) is 15.6 Å². The van der Waals surface area contributed by atoms with Crippen LogP contribution in [0.25, 0.3) is 11.3 Å². The fourth-order valence-electron chi connectivity index (χ4n) is 2.78. The molecule has 7 heteroatoms. The van der Waals surface area contributed by atoms with Gasteiger partial charge in [-0.05, 0) is 42.3 Å². The van der Waals surface area contributed by atoms with Crippen molar-refractivity contribution in [1.82, 2.24) is 4.57 Å². The third kappa shape index (κ3) is 3.31. The Kier molecular flexibility index (Phi) is 4.16. The number of aryl methyl sites for hydroxylation is 1. The van der Waals surface area contributed by atoms with Crippen molar-refractivity contribution in [2.75, 3.05) is 0 Å². The predicted molar refractivity (Wildman–Crippen MR) is 84.4 cm³/mol. The number of aromatic nitrogens is 1. The maximum Gasteiger partial charge on any atom is 0.416 e. The molecule has 130 valence electrons. The van der Waals surface area contributed by atoms with Gasteiger partial charge in [0.2, 0.25) is 0 Å². The summed E-state index contributed by atoms with van der Waals surface area (Å²) in [5.41, 5.74) is 1.03. The van der Waals surface area contributed by atoms with E-state index in [1.807, 2.05) is 0 Å². The molecule has 0 radical (unpaired) electrons. The lowest BCUT2D eigenvalue weighted by Crippen LogP contribution is -2.10. The van der Waals surface area contributed by atoms with Gasteiger partial charge >= 0.3 is 12.1 Å². The summed E-state index contributed by atoms with van der Waals surface area (Å²) in [5.74, 6) is -0.701. The Balaban J connectivity index is 1.98. The van der Waals surface area contributed by atoms with Gasteiger partial charge in [-0.2, -0.15) is 13.2 Å². The lowest BCUT2D eigenvalue weighted by Gasteiger charge is -2.10. The van der Waals surface area contributed by atoms with Gasteiger partial charge in [0.25, 0.3) is 0 Å². The molecule has 0 unspecified atom stereocenters. The SMILES string of the molecule is Cc1cn(Cc2ccc(C(F)(F)F)cc2)c(C(=O)O)c1-c1ccco1. The van der Waals surface area contributed by atoms with Gasteiger partial charge in [0.15, 0.2) is 0 Å². The summed E-state index contributed by atoms with van der Waals surface area (Å²) < 4.78 is 44.7. The van der Waals surface area contributed by atoms with Crippen LogP contribution in [0, 0.1) is 6.92 Å². The Labute approximate surface area is 141 Å². The zero-order chi connectivity index (χ0) is 18.2. The Morgan fingerprint density at radius 1 is 1.20 bits per heavy atom. The molecule has 0 amide bonds. The highest BCUT2D eigenvalue weighted by atomic mass is 19.4. The van der Waals surface area contributed by atoms with E-state index < -0.39 is 17.7 Å². The van der Waals surface area contributed by atoms with E-state index in [1.165, 1.54) is 23.0 Å². The van der Waals surface area contributed by atoms with Crippen molar-refractivity contribution in [2.24, 2.45) is 0 Å². The molecule has 1 aromatic carbocycles. The monoisotopic (exact) mass is 349 g/mol. The van der Waals surface area contributed by atoms with Crippen molar-refractivity contribution < 1.29 is 27.5 Å². The first-order chi connectivity index (χ1) is 11.8. The Bertz CT molecular complexity index is 891. The summed E-state index contributed by atoms with van der Waals surface area (Å²) in [7, 11) is 0. The second-order valence-corrected chi connectivity index (χ2v) is 5.64. The summed E-state index contributed by atoms with van der Waals surface area (Å²) in [5, 5.41) is 9.58. The highest BCUT2D eigenvalue weighted by Gasteiger charge is 2.30. The van der Waals surface area contributed by atoms with Crippen LogP contribution in [-0.2, 0) is 12.7 Å². The second-order valence-electron chi connectivity index (χ2n) is 5.64. The third-order valence-electron chi connectivity index (χ3n) is 3.87. The van der Waals surface area contributed by atoms with E-state index in [4.69, 9.17) is 4.42 Å². The smallest absolute Gasteiger partial charge is 0.416 e. The average Bonchev–Trinajstić information content (AvgIpc) is 3.14. The van der Waals surface area contributed by atoms with Gasteiger partial charge in [0, 0.05) is 12.7 Å². The lowest BCUT2D eigenvalue weighted by atomic mass is 10.1. The molecule has 0 spiro atoms. The van der Waals surface area contributed by atoms with Crippen molar-refractivity contribution in [3.8, 4) is 11.3 Å². The number of benzene rings is 1. The molecular formula is C18H14F3NO3. The molecule has 2 aromatic heterocycles. The van der Waals surface area contributed by atoms with Gasteiger partial charge < -0.3 is 14.1 Å². The highest BCUT2D eigenvalue weighted by molar-refractivity contribution is 5.95. The third-order valence-corrected chi connectivity index (χ3v) is 3.87. The topological polar surface area (TPSA) is 55.4 Å². The quantitative estimate of drug-likeness (QED) is 0.734. The Hall–Kier alpha value is -2.96. The van der Waals surface area contributed by atoms with Crippen LogP contribution in [0.2, 0.25) is 0 Å². The van der Waals surface area contributed by atoms with E-state index in [1.54, 1.807) is 25.3 Å². The van der Waals surface area contributed by atoms with Crippen molar-refractivity contribution in [2.45, 2.75) is 19.6 Å². The van der Waals surface area contributed by atoms with Crippen LogP contribution in [0.3, 0.4) is 0 Å². The number of furan rings is 1. The summed E-state index contributed by atoms with van der Waals surface area (Å²) >= 11 is 0. The van der Waals surface area contributed by atoms with E-state index in [-0.39, 0.29) is 12.2 Å². The summed E-state index contributed by atoms with van der Waals surface area (Å²) in [4.78, 5) is 11.7. The van der Waals surface area contributed by atoms with Gasteiger partial charge in [-0.15, -0.1) is 0 Å². The predicted octanol–water partition coefficient (Wildman–Crippen LogP) is 4.82. The highest BCUT2D eigenvalue weighted by Crippen LogP contribution is 2.31. The van der Waals surface area contributed by atoms with E-state index in [9.17, 15) is 23.1 Å². The molecule has 0 aliphatic carbocycles. The first-order valence-corrected chi connectivity index (χ1v) is 7.40. The summed E-state index contributed by atoms with van der Waals surface area (Å²) in [6.45, 7) is 1.90. The lowest BCUT2D eigenvalue weighted by molar-refractivity contribution is -0.137. The number of hydrogen-bond acceptors (Lipinski definition) is 2. The Morgan fingerprint density at radius 2 is 1.88 bits per heavy atom. The van der Waals surface area contributed by atoms with Crippen LogP contribution < -0.4 is 0 Å². The van der Waals surface area contributed by atoms with E-state index in [0.29, 0.717) is 22.5 Å². The molecule has 25 heavy (non-hydrogen) atoms. The number of aromatic carboxylic acids is 1. The zero-order valence-electron chi connectivity index (χ0n) is 13.2. The molecule has 0 saturated heterocycles. The standard InChI is InChI=1S/C18H14F3NO3/c1-11-9-22(10-12-4-6-13(7-5-12)18(19,20)21)16(17(23)24)15(11)14-3-2-8-25-14/h2-9H,10H2,1H3,(H,23,24). The fraction of sp³-hybridized carbons (Fsp3) is 0.167. The average molecular weight is 349 g/mol. The van der Waals surface area contributed by atoms with E-state index in [2.05, 4.69) is 0 Å². The molecule has 0 bridgehead atoms. The van der Waals surface area contributed by atoms with E-state index >= 15 is 0 Å². The van der Waals surface area contributed by atoms with Gasteiger partial charge in [0.1, 0.15) is 11.5 Å². The maximum absolute atomic E-state index is 12.6. The van der Waals surface area contributed by atoms with Crippen LogP contribution >= 0.6 is 0 Å². The van der Waals surface area contributed by atoms with Crippen LogP contribution in [0.15, 0.2) is 53.3 Å². The normalized spacial score (nSPS) is 11.7.